The van der Waals surface area contributed by atoms with Gasteiger partial charge in [-0.2, -0.15) is 0 Å². The maximum absolute atomic E-state index is 11.9. The molecule has 22 heavy (non-hydrogen) atoms. The van der Waals surface area contributed by atoms with E-state index >= 15 is 0 Å². The van der Waals surface area contributed by atoms with Crippen LogP contribution in [0.3, 0.4) is 0 Å². The van der Waals surface area contributed by atoms with Gasteiger partial charge in [0.25, 0.3) is 0 Å². The third-order valence-corrected chi connectivity index (χ3v) is 3.70. The lowest BCUT2D eigenvalue weighted by atomic mass is 10.1. The minimum Gasteiger partial charge on any atom is -0.508 e. The van der Waals surface area contributed by atoms with Crippen LogP contribution in [-0.2, 0) is 11.3 Å². The fraction of sp³-hybridized carbons (Fsp3) is 0.588. The first-order valence-corrected chi connectivity index (χ1v) is 7.84. The number of rotatable bonds is 4. The summed E-state index contributed by atoms with van der Waals surface area (Å²) in [6.07, 6.45) is 2.71. The molecule has 1 fully saturated rings. The van der Waals surface area contributed by atoms with Gasteiger partial charge < -0.3 is 20.5 Å². The van der Waals surface area contributed by atoms with Crippen molar-refractivity contribution in [3.8, 4) is 5.75 Å². The molecule has 3 N–H and O–H groups in total. The van der Waals surface area contributed by atoms with E-state index in [1.165, 1.54) is 0 Å². The first kappa shape index (κ1) is 16.6. The highest BCUT2D eigenvalue weighted by molar-refractivity contribution is 5.68. The first-order chi connectivity index (χ1) is 10.3. The van der Waals surface area contributed by atoms with Crippen molar-refractivity contribution in [1.29, 1.82) is 0 Å². The van der Waals surface area contributed by atoms with Gasteiger partial charge in [-0.25, -0.2) is 4.79 Å². The van der Waals surface area contributed by atoms with Crippen LogP contribution in [0.2, 0.25) is 0 Å². The standard InChI is InChI=1S/C17H26N2O3/c1-17(2,3)22-16(21)19-15-9-5-8-14(15)18-11-12-6-4-7-13(20)10-12/h4,6-7,10,14-15,18,20H,5,8-9,11H2,1-3H3,(H,19,21). The number of amides is 1. The predicted molar refractivity (Wildman–Crippen MR) is 85.7 cm³/mol. The minimum atomic E-state index is -0.479. The molecule has 1 aromatic carbocycles. The second kappa shape index (κ2) is 7.01. The third kappa shape index (κ3) is 5.22. The Labute approximate surface area is 132 Å². The molecule has 0 heterocycles. The molecule has 2 atom stereocenters. The van der Waals surface area contributed by atoms with Crippen LogP contribution in [0.25, 0.3) is 0 Å². The Bertz CT molecular complexity index is 511. The summed E-state index contributed by atoms with van der Waals surface area (Å²) in [7, 11) is 0. The molecule has 0 aromatic heterocycles. The van der Waals surface area contributed by atoms with E-state index in [1.807, 2.05) is 32.9 Å². The molecule has 0 saturated heterocycles. The van der Waals surface area contributed by atoms with Crippen LogP contribution in [0, 0.1) is 0 Å². The van der Waals surface area contributed by atoms with Gasteiger partial charge in [-0.05, 0) is 57.7 Å². The number of carbonyl (C=O) groups excluding carboxylic acids is 1. The lowest BCUT2D eigenvalue weighted by Crippen LogP contribution is -2.47. The van der Waals surface area contributed by atoms with Gasteiger partial charge >= 0.3 is 6.09 Å². The number of nitrogens with one attached hydrogen (secondary N) is 2. The summed E-state index contributed by atoms with van der Waals surface area (Å²) in [6.45, 7) is 6.25. The van der Waals surface area contributed by atoms with Crippen LogP contribution < -0.4 is 10.6 Å². The smallest absolute Gasteiger partial charge is 0.407 e. The van der Waals surface area contributed by atoms with Crippen LogP contribution in [-0.4, -0.2) is 28.9 Å². The zero-order valence-electron chi connectivity index (χ0n) is 13.6. The summed E-state index contributed by atoms with van der Waals surface area (Å²) in [5.41, 5.74) is 0.551. The average molecular weight is 306 g/mol. The molecule has 0 bridgehead atoms. The summed E-state index contributed by atoms with van der Waals surface area (Å²) in [4.78, 5) is 11.9. The summed E-state index contributed by atoms with van der Waals surface area (Å²) in [5, 5.41) is 15.9. The molecule has 122 valence electrons. The van der Waals surface area contributed by atoms with Crippen molar-refractivity contribution in [2.45, 2.75) is 64.3 Å². The number of aromatic hydroxyl groups is 1. The van der Waals surface area contributed by atoms with Crippen LogP contribution in [0.15, 0.2) is 24.3 Å². The zero-order valence-corrected chi connectivity index (χ0v) is 13.6. The van der Waals surface area contributed by atoms with Gasteiger partial charge in [0.2, 0.25) is 0 Å². The molecular formula is C17H26N2O3. The molecule has 1 aromatic rings. The maximum atomic E-state index is 11.9. The number of phenolic OH excluding ortho intramolecular Hbond substituents is 1. The minimum absolute atomic E-state index is 0.0900. The SMILES string of the molecule is CC(C)(C)OC(=O)NC1CCCC1NCc1cccc(O)c1. The van der Waals surface area contributed by atoms with Crippen LogP contribution >= 0.6 is 0 Å². The van der Waals surface area contributed by atoms with Crippen LogP contribution in [0.4, 0.5) is 4.79 Å². The van der Waals surface area contributed by atoms with E-state index < -0.39 is 5.60 Å². The van der Waals surface area contributed by atoms with Crippen molar-refractivity contribution < 1.29 is 14.6 Å². The summed E-state index contributed by atoms with van der Waals surface area (Å²) in [5.74, 6) is 0.272. The molecule has 5 nitrogen and oxygen atoms in total. The summed E-state index contributed by atoms with van der Waals surface area (Å²) < 4.78 is 5.32. The van der Waals surface area contributed by atoms with E-state index in [4.69, 9.17) is 4.74 Å². The van der Waals surface area contributed by atoms with Crippen LogP contribution in [0.5, 0.6) is 5.75 Å². The Morgan fingerprint density at radius 2 is 2.05 bits per heavy atom. The molecule has 0 spiro atoms. The van der Waals surface area contributed by atoms with Crippen LogP contribution in [0.1, 0.15) is 45.6 Å². The monoisotopic (exact) mass is 306 g/mol. The Balaban J connectivity index is 1.84. The molecule has 2 rings (SSSR count). The van der Waals surface area contributed by atoms with Crippen molar-refractivity contribution in [3.63, 3.8) is 0 Å². The Kier molecular flexibility index (Phi) is 5.29. The van der Waals surface area contributed by atoms with Gasteiger partial charge in [0.1, 0.15) is 11.4 Å². The average Bonchev–Trinajstić information content (AvgIpc) is 2.81. The zero-order chi connectivity index (χ0) is 16.2. The van der Waals surface area contributed by atoms with Crippen molar-refractivity contribution in [3.05, 3.63) is 29.8 Å². The highest BCUT2D eigenvalue weighted by atomic mass is 16.6. The number of phenols is 1. The van der Waals surface area contributed by atoms with Crippen molar-refractivity contribution in [2.24, 2.45) is 0 Å². The molecule has 1 amide bonds. The molecule has 0 aliphatic heterocycles. The number of carbonyl (C=O) groups is 1. The first-order valence-electron chi connectivity index (χ1n) is 7.84. The summed E-state index contributed by atoms with van der Waals surface area (Å²) in [6, 6.07) is 7.53. The largest absolute Gasteiger partial charge is 0.508 e. The third-order valence-electron chi connectivity index (χ3n) is 3.70. The van der Waals surface area contributed by atoms with Gasteiger partial charge in [0.05, 0.1) is 0 Å². The van der Waals surface area contributed by atoms with Gasteiger partial charge in [-0.3, -0.25) is 0 Å². The Hall–Kier alpha value is -1.75. The van der Waals surface area contributed by atoms with Gasteiger partial charge in [-0.15, -0.1) is 0 Å². The number of benzene rings is 1. The van der Waals surface area contributed by atoms with Crippen molar-refractivity contribution in [2.75, 3.05) is 0 Å². The number of ether oxygens (including phenoxy) is 1. The van der Waals surface area contributed by atoms with Gasteiger partial charge in [0.15, 0.2) is 0 Å². The molecule has 2 unspecified atom stereocenters. The van der Waals surface area contributed by atoms with Crippen molar-refractivity contribution in [1.82, 2.24) is 10.6 Å². The van der Waals surface area contributed by atoms with Crippen molar-refractivity contribution >= 4 is 6.09 Å². The highest BCUT2D eigenvalue weighted by Crippen LogP contribution is 2.21. The van der Waals surface area contributed by atoms with E-state index in [2.05, 4.69) is 10.6 Å². The normalized spacial score (nSPS) is 21.6. The van der Waals surface area contributed by atoms with E-state index in [1.54, 1.807) is 12.1 Å². The van der Waals surface area contributed by atoms with E-state index in [9.17, 15) is 9.90 Å². The van der Waals surface area contributed by atoms with E-state index in [0.717, 1.165) is 24.8 Å². The lowest BCUT2D eigenvalue weighted by molar-refractivity contribution is 0.0498. The number of alkyl carbamates (subject to hydrolysis) is 1. The second-order valence-electron chi connectivity index (χ2n) is 6.84. The van der Waals surface area contributed by atoms with Gasteiger partial charge in [-0.1, -0.05) is 12.1 Å². The highest BCUT2D eigenvalue weighted by Gasteiger charge is 2.29. The Morgan fingerprint density at radius 3 is 2.73 bits per heavy atom. The second-order valence-corrected chi connectivity index (χ2v) is 6.84. The fourth-order valence-corrected chi connectivity index (χ4v) is 2.75. The molecule has 1 saturated carbocycles. The topological polar surface area (TPSA) is 70.6 Å². The van der Waals surface area contributed by atoms with Gasteiger partial charge in [0, 0.05) is 18.6 Å². The molecule has 5 heteroatoms. The Morgan fingerprint density at radius 1 is 1.32 bits per heavy atom. The van der Waals surface area contributed by atoms with E-state index in [-0.39, 0.29) is 23.9 Å². The summed E-state index contributed by atoms with van der Waals surface area (Å²) >= 11 is 0. The molecule has 1 aliphatic rings. The predicted octanol–water partition coefficient (Wildman–Crippen LogP) is 2.93. The lowest BCUT2D eigenvalue weighted by Gasteiger charge is -2.25. The molecular weight excluding hydrogens is 280 g/mol. The quantitative estimate of drug-likeness (QED) is 0.800. The number of hydrogen-bond donors (Lipinski definition) is 3. The maximum Gasteiger partial charge on any atom is 0.407 e. The molecule has 0 radical (unpaired) electrons. The number of hydrogen-bond acceptors (Lipinski definition) is 4. The van der Waals surface area contributed by atoms with E-state index in [0.29, 0.717) is 6.54 Å². The molecule has 1 aliphatic carbocycles. The fourth-order valence-electron chi connectivity index (χ4n) is 2.75.